The molecule has 2 fully saturated rings. The van der Waals surface area contributed by atoms with E-state index in [0.717, 1.165) is 23.5 Å². The van der Waals surface area contributed by atoms with Gasteiger partial charge in [0.15, 0.2) is 0 Å². The van der Waals surface area contributed by atoms with Gasteiger partial charge >= 0.3 is 0 Å². The molecule has 3 aliphatic rings. The van der Waals surface area contributed by atoms with Crippen molar-refractivity contribution in [3.8, 4) is 0 Å². The Hall–Kier alpha value is -1.38. The monoisotopic (exact) mass is 241 g/mol. The Balaban J connectivity index is 1.55. The summed E-state index contributed by atoms with van der Waals surface area (Å²) in [6.07, 6.45) is 11.7. The van der Waals surface area contributed by atoms with E-state index in [1.807, 2.05) is 6.20 Å². The van der Waals surface area contributed by atoms with E-state index in [1.54, 1.807) is 0 Å². The molecule has 3 heteroatoms. The highest BCUT2D eigenvalue weighted by molar-refractivity contribution is 5.40. The first-order chi connectivity index (χ1) is 8.90. The van der Waals surface area contributed by atoms with Gasteiger partial charge in [-0.2, -0.15) is 0 Å². The van der Waals surface area contributed by atoms with Gasteiger partial charge < -0.3 is 4.90 Å². The Bertz CT molecular complexity index is 462. The highest BCUT2D eigenvalue weighted by atomic mass is 15.2. The number of aromatic nitrogens is 2. The second-order valence-corrected chi connectivity index (χ2v) is 5.92. The third-order valence-corrected chi connectivity index (χ3v) is 4.55. The van der Waals surface area contributed by atoms with E-state index in [4.69, 9.17) is 4.98 Å². The highest BCUT2D eigenvalue weighted by Crippen LogP contribution is 2.39. The van der Waals surface area contributed by atoms with Crippen LogP contribution in [0.5, 0.6) is 0 Å². The number of allylic oxidation sites excluding steroid dienone is 2. The fourth-order valence-corrected chi connectivity index (χ4v) is 3.28. The summed E-state index contributed by atoms with van der Waals surface area (Å²) in [5, 5.41) is 0. The third-order valence-electron chi connectivity index (χ3n) is 4.55. The summed E-state index contributed by atoms with van der Waals surface area (Å²) in [7, 11) is 0. The van der Waals surface area contributed by atoms with Crippen LogP contribution in [0.1, 0.15) is 37.4 Å². The Morgan fingerprint density at radius 1 is 1.06 bits per heavy atom. The molecule has 2 heterocycles. The third kappa shape index (κ3) is 1.82. The second kappa shape index (κ2) is 4.08. The molecule has 0 bridgehead atoms. The zero-order valence-corrected chi connectivity index (χ0v) is 10.6. The molecular weight excluding hydrogens is 222 g/mol. The number of rotatable bonds is 2. The summed E-state index contributed by atoms with van der Waals surface area (Å²) >= 11 is 0. The molecule has 1 saturated heterocycles. The summed E-state index contributed by atoms with van der Waals surface area (Å²) < 4.78 is 0. The maximum absolute atomic E-state index is 4.77. The van der Waals surface area contributed by atoms with Gasteiger partial charge in [-0.25, -0.2) is 9.97 Å². The quantitative estimate of drug-likeness (QED) is 0.745. The van der Waals surface area contributed by atoms with Crippen molar-refractivity contribution in [2.45, 2.75) is 31.6 Å². The zero-order chi connectivity index (χ0) is 11.9. The first-order valence-electron chi connectivity index (χ1n) is 7.13. The number of fused-ring (bicyclic) bond motifs is 1. The molecule has 0 aromatic carbocycles. The van der Waals surface area contributed by atoms with Crippen molar-refractivity contribution in [3.05, 3.63) is 30.2 Å². The molecule has 1 aromatic rings. The Labute approximate surface area is 108 Å². The topological polar surface area (TPSA) is 29.0 Å². The van der Waals surface area contributed by atoms with Crippen LogP contribution in [0.4, 0.5) is 5.82 Å². The fraction of sp³-hybridized carbons (Fsp3) is 0.600. The Morgan fingerprint density at radius 2 is 1.78 bits per heavy atom. The van der Waals surface area contributed by atoms with Crippen LogP contribution < -0.4 is 4.90 Å². The summed E-state index contributed by atoms with van der Waals surface area (Å²) in [4.78, 5) is 11.7. The number of anilines is 1. The van der Waals surface area contributed by atoms with Gasteiger partial charge in [-0.05, 0) is 43.6 Å². The zero-order valence-electron chi connectivity index (χ0n) is 10.6. The van der Waals surface area contributed by atoms with Crippen LogP contribution in [0.25, 0.3) is 0 Å². The van der Waals surface area contributed by atoms with Gasteiger partial charge in [-0.3, -0.25) is 0 Å². The van der Waals surface area contributed by atoms with E-state index in [1.165, 1.54) is 38.8 Å². The Morgan fingerprint density at radius 3 is 2.44 bits per heavy atom. The predicted octanol–water partition coefficient (Wildman–Crippen LogP) is 2.76. The number of nitrogens with zero attached hydrogens (tertiary/aromatic N) is 3. The molecule has 0 amide bonds. The van der Waals surface area contributed by atoms with E-state index in [-0.39, 0.29) is 0 Å². The summed E-state index contributed by atoms with van der Waals surface area (Å²) in [5.74, 6) is 4.56. The van der Waals surface area contributed by atoms with Crippen LogP contribution in [-0.2, 0) is 0 Å². The van der Waals surface area contributed by atoms with Gasteiger partial charge in [-0.15, -0.1) is 0 Å². The largest absolute Gasteiger partial charge is 0.356 e. The molecule has 2 aliphatic carbocycles. The summed E-state index contributed by atoms with van der Waals surface area (Å²) in [5.41, 5.74) is 0. The molecule has 3 nitrogen and oxygen atoms in total. The van der Waals surface area contributed by atoms with Crippen molar-refractivity contribution in [3.63, 3.8) is 0 Å². The summed E-state index contributed by atoms with van der Waals surface area (Å²) in [6.45, 7) is 2.35. The van der Waals surface area contributed by atoms with Gasteiger partial charge in [0.2, 0.25) is 0 Å². The van der Waals surface area contributed by atoms with Crippen molar-refractivity contribution < 1.29 is 0 Å². The minimum atomic E-state index is 0.650. The lowest BCUT2D eigenvalue weighted by Crippen LogP contribution is -2.21. The maximum atomic E-state index is 4.77. The predicted molar refractivity (Wildman–Crippen MR) is 71.6 cm³/mol. The minimum Gasteiger partial charge on any atom is -0.356 e. The lowest BCUT2D eigenvalue weighted by atomic mass is 9.86. The Kier molecular flexibility index (Phi) is 2.39. The SMILES string of the molecule is C1=CCC2CN(c3ccnc(C4CC4)n3)CC2C1. The van der Waals surface area contributed by atoms with E-state index >= 15 is 0 Å². The molecule has 2 atom stereocenters. The van der Waals surface area contributed by atoms with Crippen molar-refractivity contribution in [2.75, 3.05) is 18.0 Å². The van der Waals surface area contributed by atoms with E-state index < -0.39 is 0 Å². The van der Waals surface area contributed by atoms with Crippen molar-refractivity contribution in [1.29, 1.82) is 0 Å². The number of hydrogen-bond donors (Lipinski definition) is 0. The molecule has 18 heavy (non-hydrogen) atoms. The van der Waals surface area contributed by atoms with Crippen LogP contribution in [0, 0.1) is 11.8 Å². The standard InChI is InChI=1S/C15H19N3/c1-2-4-13-10-18(9-12(13)3-1)14-7-8-16-15(17-14)11-5-6-11/h1-2,7-8,11-13H,3-6,9-10H2. The molecule has 1 aliphatic heterocycles. The maximum Gasteiger partial charge on any atom is 0.133 e. The molecule has 1 aromatic heterocycles. The fourth-order valence-electron chi connectivity index (χ4n) is 3.28. The first-order valence-corrected chi connectivity index (χ1v) is 7.13. The first kappa shape index (κ1) is 10.5. The van der Waals surface area contributed by atoms with Crippen LogP contribution in [0.2, 0.25) is 0 Å². The molecule has 0 spiro atoms. The van der Waals surface area contributed by atoms with E-state index in [9.17, 15) is 0 Å². The van der Waals surface area contributed by atoms with E-state index in [2.05, 4.69) is 28.1 Å². The van der Waals surface area contributed by atoms with E-state index in [0.29, 0.717) is 5.92 Å². The molecular formula is C15H19N3. The molecule has 2 unspecified atom stereocenters. The van der Waals surface area contributed by atoms with Gasteiger partial charge in [-0.1, -0.05) is 12.2 Å². The van der Waals surface area contributed by atoms with Crippen LogP contribution in [0.3, 0.4) is 0 Å². The molecule has 0 radical (unpaired) electrons. The van der Waals surface area contributed by atoms with Gasteiger partial charge in [0, 0.05) is 25.2 Å². The lowest BCUT2D eigenvalue weighted by Gasteiger charge is -2.17. The lowest BCUT2D eigenvalue weighted by molar-refractivity contribution is 0.411. The van der Waals surface area contributed by atoms with Crippen LogP contribution >= 0.6 is 0 Å². The van der Waals surface area contributed by atoms with Crippen LogP contribution in [-0.4, -0.2) is 23.1 Å². The smallest absolute Gasteiger partial charge is 0.133 e. The molecule has 0 N–H and O–H groups in total. The van der Waals surface area contributed by atoms with Gasteiger partial charge in [0.1, 0.15) is 11.6 Å². The molecule has 94 valence electrons. The van der Waals surface area contributed by atoms with Crippen molar-refractivity contribution in [1.82, 2.24) is 9.97 Å². The number of hydrogen-bond acceptors (Lipinski definition) is 3. The molecule has 4 rings (SSSR count). The van der Waals surface area contributed by atoms with Crippen molar-refractivity contribution >= 4 is 5.82 Å². The summed E-state index contributed by atoms with van der Waals surface area (Å²) in [6, 6.07) is 2.08. The average molecular weight is 241 g/mol. The second-order valence-electron chi connectivity index (χ2n) is 5.92. The normalized spacial score (nSPS) is 30.6. The minimum absolute atomic E-state index is 0.650. The average Bonchev–Trinajstić information content (AvgIpc) is 3.18. The molecule has 1 saturated carbocycles. The van der Waals surface area contributed by atoms with Gasteiger partial charge in [0.05, 0.1) is 0 Å². The highest BCUT2D eigenvalue weighted by Gasteiger charge is 2.34. The van der Waals surface area contributed by atoms with Crippen LogP contribution in [0.15, 0.2) is 24.4 Å². The van der Waals surface area contributed by atoms with Gasteiger partial charge in [0.25, 0.3) is 0 Å². The van der Waals surface area contributed by atoms with Crippen molar-refractivity contribution in [2.24, 2.45) is 11.8 Å².